The number of hydrogen-bond donors (Lipinski definition) is 0. The number of benzene rings is 10. The second-order valence-corrected chi connectivity index (χ2v) is 16.1. The third-order valence-corrected chi connectivity index (χ3v) is 12.7. The van der Waals surface area contributed by atoms with Gasteiger partial charge in [-0.1, -0.05) is 170 Å². The molecule has 62 heavy (non-hydrogen) atoms. The Morgan fingerprint density at radius 3 is 1.73 bits per heavy atom. The van der Waals surface area contributed by atoms with Crippen molar-refractivity contribution >= 4 is 76.1 Å². The van der Waals surface area contributed by atoms with Crippen LogP contribution in [0.2, 0.25) is 0 Å². The maximum Gasteiger partial charge on any atom is 0.235 e. The van der Waals surface area contributed by atoms with Gasteiger partial charge in [-0.25, -0.2) is 9.97 Å². The van der Waals surface area contributed by atoms with Gasteiger partial charge in [0.25, 0.3) is 0 Å². The third kappa shape index (κ3) is 5.20. The first-order valence-electron chi connectivity index (χ1n) is 21.2. The van der Waals surface area contributed by atoms with E-state index in [1.54, 1.807) is 0 Å². The molecule has 4 nitrogen and oxygen atoms in total. The van der Waals surface area contributed by atoms with Crippen molar-refractivity contribution in [2.24, 2.45) is 0 Å². The van der Waals surface area contributed by atoms with Crippen molar-refractivity contribution in [3.63, 3.8) is 0 Å². The van der Waals surface area contributed by atoms with Crippen molar-refractivity contribution < 1.29 is 0 Å². The van der Waals surface area contributed by atoms with Gasteiger partial charge in [-0.2, -0.15) is 0 Å². The summed E-state index contributed by atoms with van der Waals surface area (Å²) in [6.07, 6.45) is 0. The summed E-state index contributed by atoms with van der Waals surface area (Å²) in [5.41, 5.74) is 13.3. The summed E-state index contributed by atoms with van der Waals surface area (Å²) < 4.78 is 4.65. The molecule has 0 spiro atoms. The van der Waals surface area contributed by atoms with Gasteiger partial charge in [-0.15, -0.1) is 0 Å². The Hall–Kier alpha value is -8.34. The highest BCUT2D eigenvalue weighted by Gasteiger charge is 2.21. The molecule has 0 saturated carbocycles. The minimum atomic E-state index is 0.648. The molecule has 0 aliphatic heterocycles. The predicted octanol–water partition coefficient (Wildman–Crippen LogP) is 15.1. The highest BCUT2D eigenvalue weighted by atomic mass is 15.2. The van der Waals surface area contributed by atoms with Gasteiger partial charge in [-0.3, -0.25) is 4.57 Å². The molecule has 3 aromatic heterocycles. The van der Waals surface area contributed by atoms with Gasteiger partial charge >= 0.3 is 0 Å². The lowest BCUT2D eigenvalue weighted by atomic mass is 9.94. The Kier molecular flexibility index (Phi) is 7.57. The predicted molar refractivity (Wildman–Crippen MR) is 260 cm³/mol. The van der Waals surface area contributed by atoms with Crippen LogP contribution < -0.4 is 0 Å². The Morgan fingerprint density at radius 1 is 0.306 bits per heavy atom. The molecule has 0 saturated heterocycles. The Labute approximate surface area is 357 Å². The van der Waals surface area contributed by atoms with Crippen molar-refractivity contribution in [3.8, 4) is 45.1 Å². The van der Waals surface area contributed by atoms with E-state index in [1.807, 2.05) is 0 Å². The number of rotatable bonds is 5. The van der Waals surface area contributed by atoms with Crippen LogP contribution in [0.15, 0.2) is 218 Å². The van der Waals surface area contributed by atoms with Gasteiger partial charge in [0.1, 0.15) is 0 Å². The lowest BCUT2D eigenvalue weighted by Gasteiger charge is -2.13. The van der Waals surface area contributed by atoms with Gasteiger partial charge in [0, 0.05) is 38.2 Å². The molecule has 0 atom stereocenters. The van der Waals surface area contributed by atoms with Gasteiger partial charge in [0.15, 0.2) is 0 Å². The summed E-state index contributed by atoms with van der Waals surface area (Å²) in [7, 11) is 0. The van der Waals surface area contributed by atoms with Gasteiger partial charge in [0.2, 0.25) is 5.95 Å². The Balaban J connectivity index is 1.00. The first-order valence-corrected chi connectivity index (χ1v) is 21.2. The third-order valence-electron chi connectivity index (χ3n) is 12.7. The molecule has 3 heterocycles. The lowest BCUT2D eigenvalue weighted by molar-refractivity contribution is 1.01. The van der Waals surface area contributed by atoms with Gasteiger partial charge in [0.05, 0.1) is 33.3 Å². The summed E-state index contributed by atoms with van der Waals surface area (Å²) in [5.74, 6) is 0.648. The van der Waals surface area contributed by atoms with Crippen molar-refractivity contribution in [2.45, 2.75) is 0 Å². The zero-order valence-corrected chi connectivity index (χ0v) is 33.6. The maximum atomic E-state index is 5.43. The standard InChI is InChI=1S/C58H36N4/c1-2-17-41(18-3-1)61-53-28-13-10-24-48(53)56-46-22-7-6-20-44(46)49(36-55(56)61)40-33-34-54-50(35-40)45-21-9-12-27-52(45)62(54)58-59-51-26-11-8-23-47(51)57(60-58)39-31-29-38(30-32-39)43-25-14-16-37-15-4-5-19-42(37)43/h1-36H. The summed E-state index contributed by atoms with van der Waals surface area (Å²) in [6.45, 7) is 0. The molecule has 10 aromatic carbocycles. The van der Waals surface area contributed by atoms with E-state index in [-0.39, 0.29) is 0 Å². The molecule has 0 bridgehead atoms. The smallest absolute Gasteiger partial charge is 0.235 e. The second-order valence-electron chi connectivity index (χ2n) is 16.1. The van der Waals surface area contributed by atoms with E-state index in [1.165, 1.54) is 60.0 Å². The van der Waals surface area contributed by atoms with E-state index in [4.69, 9.17) is 9.97 Å². The molecule has 13 aromatic rings. The van der Waals surface area contributed by atoms with Crippen LogP contribution >= 0.6 is 0 Å². The first-order chi connectivity index (χ1) is 30.8. The zero-order chi connectivity index (χ0) is 40.7. The maximum absolute atomic E-state index is 5.43. The molecule has 4 heteroatoms. The van der Waals surface area contributed by atoms with Crippen molar-refractivity contribution in [2.75, 3.05) is 0 Å². The number of hydrogen-bond acceptors (Lipinski definition) is 2. The Bertz CT molecular complexity index is 3910. The molecule has 288 valence electrons. The summed E-state index contributed by atoms with van der Waals surface area (Å²) in [6, 6.07) is 78.6. The van der Waals surface area contributed by atoms with Crippen LogP contribution in [0.1, 0.15) is 0 Å². The van der Waals surface area contributed by atoms with E-state index in [0.29, 0.717) is 5.95 Å². The van der Waals surface area contributed by atoms with E-state index >= 15 is 0 Å². The summed E-state index contributed by atoms with van der Waals surface area (Å²) in [4.78, 5) is 10.7. The van der Waals surface area contributed by atoms with Crippen LogP contribution in [-0.4, -0.2) is 19.1 Å². The summed E-state index contributed by atoms with van der Waals surface area (Å²) >= 11 is 0. The quantitative estimate of drug-likeness (QED) is 0.174. The van der Waals surface area contributed by atoms with E-state index in [2.05, 4.69) is 228 Å². The molecule has 0 N–H and O–H groups in total. The molecule has 0 aliphatic carbocycles. The number of para-hydroxylation sites is 4. The average Bonchev–Trinajstić information content (AvgIpc) is 3.86. The molecule has 0 radical (unpaired) electrons. The molecule has 0 amide bonds. The average molecular weight is 789 g/mol. The zero-order valence-electron chi connectivity index (χ0n) is 33.6. The monoisotopic (exact) mass is 788 g/mol. The van der Waals surface area contributed by atoms with Crippen LogP contribution in [0.3, 0.4) is 0 Å². The fourth-order valence-corrected chi connectivity index (χ4v) is 9.95. The minimum absolute atomic E-state index is 0.648. The highest BCUT2D eigenvalue weighted by Crippen LogP contribution is 2.43. The largest absolute Gasteiger partial charge is 0.309 e. The van der Waals surface area contributed by atoms with Crippen LogP contribution in [-0.2, 0) is 0 Å². The molecule has 0 aliphatic rings. The van der Waals surface area contributed by atoms with Crippen LogP contribution in [0.5, 0.6) is 0 Å². The number of nitrogens with zero attached hydrogens (tertiary/aromatic N) is 4. The van der Waals surface area contributed by atoms with E-state index in [0.717, 1.165) is 55.2 Å². The second kappa shape index (κ2) is 13.6. The topological polar surface area (TPSA) is 35.6 Å². The van der Waals surface area contributed by atoms with Crippen LogP contribution in [0.4, 0.5) is 0 Å². The van der Waals surface area contributed by atoms with Crippen molar-refractivity contribution in [3.05, 3.63) is 218 Å². The molecule has 0 fully saturated rings. The SMILES string of the molecule is c1ccc(-n2c3ccccc3c3c4ccccc4c(-c4ccc5c(c4)c4ccccc4n5-c4nc(-c5ccc(-c6cccc7ccccc67)cc5)c5ccccc5n4)cc32)cc1. The molecular formula is C58H36N4. The van der Waals surface area contributed by atoms with Gasteiger partial charge < -0.3 is 4.57 Å². The van der Waals surface area contributed by atoms with Crippen LogP contribution in [0, 0.1) is 0 Å². The molecule has 0 unspecified atom stereocenters. The fraction of sp³-hybridized carbons (Fsp3) is 0. The lowest BCUT2D eigenvalue weighted by Crippen LogP contribution is -2.03. The normalized spacial score (nSPS) is 11.9. The Morgan fingerprint density at radius 2 is 0.903 bits per heavy atom. The first kappa shape index (κ1) is 34.5. The van der Waals surface area contributed by atoms with Gasteiger partial charge in [-0.05, 0) is 92.3 Å². The van der Waals surface area contributed by atoms with Crippen molar-refractivity contribution in [1.82, 2.24) is 19.1 Å². The minimum Gasteiger partial charge on any atom is -0.309 e. The molecular weight excluding hydrogens is 753 g/mol. The van der Waals surface area contributed by atoms with E-state index in [9.17, 15) is 0 Å². The summed E-state index contributed by atoms with van der Waals surface area (Å²) in [5, 5.41) is 10.8. The van der Waals surface area contributed by atoms with Crippen LogP contribution in [0.25, 0.3) is 121 Å². The number of aromatic nitrogens is 4. The number of fused-ring (bicyclic) bond motifs is 10. The van der Waals surface area contributed by atoms with Crippen molar-refractivity contribution in [1.29, 1.82) is 0 Å². The fourth-order valence-electron chi connectivity index (χ4n) is 9.95. The van der Waals surface area contributed by atoms with E-state index < -0.39 is 0 Å². The molecule has 13 rings (SSSR count). The highest BCUT2D eigenvalue weighted by molar-refractivity contribution is 6.24.